The summed E-state index contributed by atoms with van der Waals surface area (Å²) in [5.41, 5.74) is -2.41. The first-order valence-corrected chi connectivity index (χ1v) is 12.1. The van der Waals surface area contributed by atoms with Gasteiger partial charge in [0.05, 0.1) is 0 Å². The van der Waals surface area contributed by atoms with Crippen LogP contribution in [0.1, 0.15) is 77.0 Å². The van der Waals surface area contributed by atoms with E-state index in [1.54, 1.807) is 0 Å². The Morgan fingerprint density at radius 1 is 1.00 bits per heavy atom. The van der Waals surface area contributed by atoms with Gasteiger partial charge in [0.25, 0.3) is 10.1 Å². The third kappa shape index (κ3) is 4.11. The third-order valence-corrected chi connectivity index (χ3v) is 8.53. The van der Waals surface area contributed by atoms with Gasteiger partial charge in [-0.25, -0.2) is 0 Å². The second-order valence-electron chi connectivity index (χ2n) is 9.79. The molecule has 27 heavy (non-hydrogen) atoms. The van der Waals surface area contributed by atoms with Gasteiger partial charge in [-0.2, -0.15) is 8.42 Å². The fraction of sp³-hybridized carbons (Fsp3) is 0.950. The van der Waals surface area contributed by atoms with Crippen molar-refractivity contribution in [1.29, 1.82) is 0 Å². The molecule has 0 aromatic heterocycles. The third-order valence-electron chi connectivity index (χ3n) is 7.61. The predicted molar refractivity (Wildman–Crippen MR) is 99.2 cm³/mol. The summed E-state index contributed by atoms with van der Waals surface area (Å²) >= 11 is 0. The van der Waals surface area contributed by atoms with E-state index in [1.165, 1.54) is 19.3 Å². The number of hydrogen-bond acceptors (Lipinski definition) is 5. The molecule has 2 unspecified atom stereocenters. The number of aliphatic hydroxyl groups is 1. The highest BCUT2D eigenvalue weighted by Gasteiger charge is 2.55. The summed E-state index contributed by atoms with van der Waals surface area (Å²) < 4.78 is 38.8. The van der Waals surface area contributed by atoms with Gasteiger partial charge < -0.3 is 9.84 Å². The Morgan fingerprint density at radius 3 is 2.00 bits per heavy atom. The highest BCUT2D eigenvalue weighted by atomic mass is 32.2. The van der Waals surface area contributed by atoms with Crippen molar-refractivity contribution >= 4 is 15.9 Å². The SMILES string of the molecule is O=C(CC1CCCCC1)C(OC(O)C12CC3CC(CC(C3)C1)C2)S(=O)(=O)O. The molecule has 0 saturated heterocycles. The van der Waals surface area contributed by atoms with E-state index in [9.17, 15) is 22.9 Å². The predicted octanol–water partition coefficient (Wildman–Crippen LogP) is 3.29. The number of aliphatic hydroxyl groups excluding tert-OH is 1. The summed E-state index contributed by atoms with van der Waals surface area (Å²) in [6, 6.07) is 0. The Balaban J connectivity index is 1.46. The van der Waals surface area contributed by atoms with Crippen LogP contribution in [0.5, 0.6) is 0 Å². The minimum absolute atomic E-state index is 0.0953. The molecule has 0 spiro atoms. The lowest BCUT2D eigenvalue weighted by Gasteiger charge is -2.58. The van der Waals surface area contributed by atoms with Crippen LogP contribution in [0.2, 0.25) is 0 Å². The van der Waals surface area contributed by atoms with E-state index in [4.69, 9.17) is 4.74 Å². The van der Waals surface area contributed by atoms with Crippen LogP contribution in [0.25, 0.3) is 0 Å². The van der Waals surface area contributed by atoms with E-state index in [-0.39, 0.29) is 12.3 Å². The fourth-order valence-electron chi connectivity index (χ4n) is 6.83. The molecule has 154 valence electrons. The van der Waals surface area contributed by atoms with Crippen LogP contribution in [0, 0.1) is 29.1 Å². The minimum Gasteiger partial charge on any atom is -0.367 e. The van der Waals surface area contributed by atoms with E-state index in [0.29, 0.717) is 17.8 Å². The molecule has 5 aliphatic carbocycles. The molecule has 5 fully saturated rings. The molecule has 7 heteroatoms. The summed E-state index contributed by atoms with van der Waals surface area (Å²) in [6.07, 6.45) is 9.88. The molecule has 0 radical (unpaired) electrons. The number of Topliss-reactive ketones (excluding diaryl/α,β-unsaturated/α-hetero) is 1. The van der Waals surface area contributed by atoms with Crippen LogP contribution in [-0.4, -0.2) is 35.6 Å². The quantitative estimate of drug-likeness (QED) is 0.502. The molecular formula is C20H32O6S. The van der Waals surface area contributed by atoms with Crippen molar-refractivity contribution in [3.05, 3.63) is 0 Å². The van der Waals surface area contributed by atoms with Crippen molar-refractivity contribution in [2.75, 3.05) is 0 Å². The molecule has 0 aliphatic heterocycles. The van der Waals surface area contributed by atoms with Crippen molar-refractivity contribution in [2.45, 2.75) is 88.8 Å². The molecule has 6 nitrogen and oxygen atoms in total. The van der Waals surface area contributed by atoms with Crippen molar-refractivity contribution in [3.8, 4) is 0 Å². The first kappa shape index (κ1) is 19.8. The van der Waals surface area contributed by atoms with Crippen molar-refractivity contribution in [3.63, 3.8) is 0 Å². The molecule has 5 rings (SSSR count). The molecule has 0 amide bonds. The van der Waals surface area contributed by atoms with Gasteiger partial charge in [-0.3, -0.25) is 9.35 Å². The molecule has 5 saturated carbocycles. The Labute approximate surface area is 161 Å². The molecule has 0 aromatic rings. The molecule has 4 bridgehead atoms. The summed E-state index contributed by atoms with van der Waals surface area (Å²) in [6.45, 7) is 0. The first-order valence-electron chi connectivity index (χ1n) is 10.6. The number of carbonyl (C=O) groups is 1. The van der Waals surface area contributed by atoms with Crippen LogP contribution in [0.3, 0.4) is 0 Å². The van der Waals surface area contributed by atoms with Crippen LogP contribution in [0.15, 0.2) is 0 Å². The second kappa shape index (κ2) is 7.39. The maximum atomic E-state index is 12.6. The van der Waals surface area contributed by atoms with Gasteiger partial charge >= 0.3 is 0 Å². The van der Waals surface area contributed by atoms with E-state index < -0.39 is 33.0 Å². The van der Waals surface area contributed by atoms with Gasteiger partial charge in [-0.05, 0) is 62.2 Å². The van der Waals surface area contributed by atoms with Gasteiger partial charge in [0.1, 0.15) is 0 Å². The lowest BCUT2D eigenvalue weighted by Crippen LogP contribution is -2.54. The molecule has 5 aliphatic rings. The highest BCUT2D eigenvalue weighted by Crippen LogP contribution is 2.61. The monoisotopic (exact) mass is 400 g/mol. The minimum atomic E-state index is -4.71. The highest BCUT2D eigenvalue weighted by molar-refractivity contribution is 7.87. The van der Waals surface area contributed by atoms with E-state index in [0.717, 1.165) is 51.4 Å². The van der Waals surface area contributed by atoms with E-state index in [2.05, 4.69) is 0 Å². The summed E-state index contributed by atoms with van der Waals surface area (Å²) in [5.74, 6) is 1.23. The topological polar surface area (TPSA) is 101 Å². The van der Waals surface area contributed by atoms with Gasteiger partial charge in [0, 0.05) is 11.8 Å². The van der Waals surface area contributed by atoms with Gasteiger partial charge in [0.15, 0.2) is 12.1 Å². The Hall–Kier alpha value is -0.500. The fourth-order valence-corrected chi connectivity index (χ4v) is 7.50. The zero-order chi connectivity index (χ0) is 19.2. The van der Waals surface area contributed by atoms with Crippen molar-refractivity contribution in [2.24, 2.45) is 29.1 Å². The number of carbonyl (C=O) groups excluding carboxylic acids is 1. The normalized spacial score (nSPS) is 38.7. The molecular weight excluding hydrogens is 368 g/mol. The number of rotatable bonds is 7. The Bertz CT molecular complexity index is 631. The number of hydrogen-bond donors (Lipinski definition) is 2. The smallest absolute Gasteiger partial charge is 0.299 e. The molecule has 0 aromatic carbocycles. The maximum absolute atomic E-state index is 12.6. The van der Waals surface area contributed by atoms with Gasteiger partial charge in [-0.15, -0.1) is 0 Å². The average Bonchev–Trinajstić information content (AvgIpc) is 2.58. The van der Waals surface area contributed by atoms with E-state index in [1.807, 2.05) is 0 Å². The van der Waals surface area contributed by atoms with Gasteiger partial charge in [0.2, 0.25) is 5.44 Å². The number of ketones is 1. The van der Waals surface area contributed by atoms with Crippen molar-refractivity contribution in [1.82, 2.24) is 0 Å². The maximum Gasteiger partial charge on any atom is 0.299 e. The lowest BCUT2D eigenvalue weighted by molar-refractivity contribution is -0.233. The van der Waals surface area contributed by atoms with E-state index >= 15 is 0 Å². The van der Waals surface area contributed by atoms with Gasteiger partial charge in [-0.1, -0.05) is 32.1 Å². The van der Waals surface area contributed by atoms with Crippen molar-refractivity contribution < 1.29 is 27.6 Å². The van der Waals surface area contributed by atoms with Crippen LogP contribution < -0.4 is 0 Å². The first-order chi connectivity index (χ1) is 12.7. The molecule has 2 N–H and O–H groups in total. The largest absolute Gasteiger partial charge is 0.367 e. The number of ether oxygens (including phenoxy) is 1. The average molecular weight is 401 g/mol. The standard InChI is InChI=1S/C20H32O6S/c21-17(9-13-4-2-1-3-5-13)18(27(23,24)25)26-19(22)20-10-14-6-15(11-20)8-16(7-14)12-20/h13-16,18-19,22H,1-12H2,(H,23,24,25). The van der Waals surface area contributed by atoms with Crippen LogP contribution in [0.4, 0.5) is 0 Å². The van der Waals surface area contributed by atoms with Crippen LogP contribution in [-0.2, 0) is 19.6 Å². The lowest BCUT2D eigenvalue weighted by atomic mass is 9.49. The zero-order valence-corrected chi connectivity index (χ0v) is 16.7. The Morgan fingerprint density at radius 2 is 1.52 bits per heavy atom. The second-order valence-corrected chi connectivity index (χ2v) is 11.2. The van der Waals surface area contributed by atoms with Crippen LogP contribution >= 0.6 is 0 Å². The zero-order valence-electron chi connectivity index (χ0n) is 15.9. The molecule has 0 heterocycles. The summed E-state index contributed by atoms with van der Waals surface area (Å²) in [7, 11) is -4.71. The Kier molecular flexibility index (Phi) is 5.42. The summed E-state index contributed by atoms with van der Waals surface area (Å²) in [5, 5.41) is 10.9. The summed E-state index contributed by atoms with van der Waals surface area (Å²) in [4.78, 5) is 12.6. The molecule has 2 atom stereocenters.